The maximum atomic E-state index is 13.0. The molecule has 0 aromatic heterocycles. The van der Waals surface area contributed by atoms with E-state index >= 15 is 0 Å². The highest BCUT2D eigenvalue weighted by Crippen LogP contribution is 2.44. The fourth-order valence-electron chi connectivity index (χ4n) is 5.44. The first kappa shape index (κ1) is 25.0. The molecule has 0 aromatic carbocycles. The van der Waals surface area contributed by atoms with E-state index in [0.29, 0.717) is 48.7 Å². The third kappa shape index (κ3) is 5.48. The molecule has 6 atom stereocenters. The van der Waals surface area contributed by atoms with Crippen molar-refractivity contribution in [2.45, 2.75) is 61.1 Å². The van der Waals surface area contributed by atoms with Crippen LogP contribution in [0, 0.1) is 11.8 Å². The first-order valence-electron chi connectivity index (χ1n) is 11.0. The van der Waals surface area contributed by atoms with Gasteiger partial charge in [0.25, 0.3) is 0 Å². The molecule has 3 aliphatic rings. The first-order chi connectivity index (χ1) is 14.3. The first-order valence-corrected chi connectivity index (χ1v) is 14.3. The molecular formula is C20H38BrN4O3PS. The zero-order chi connectivity index (χ0) is 21.9. The van der Waals surface area contributed by atoms with Crippen LogP contribution in [0.1, 0.15) is 32.6 Å². The largest absolute Gasteiger partial charge is 0.376 e. The second-order valence-corrected chi connectivity index (χ2v) is 12.4. The van der Waals surface area contributed by atoms with Crippen molar-refractivity contribution < 1.29 is 13.2 Å². The van der Waals surface area contributed by atoms with E-state index < -0.39 is 15.4 Å². The molecule has 2 N–H and O–H groups in total. The Morgan fingerprint density at radius 1 is 1.30 bits per heavy atom. The van der Waals surface area contributed by atoms with Crippen LogP contribution in [-0.2, 0) is 14.8 Å². The van der Waals surface area contributed by atoms with E-state index in [9.17, 15) is 8.42 Å². The lowest BCUT2D eigenvalue weighted by Gasteiger charge is -2.58. The highest BCUT2D eigenvalue weighted by Gasteiger charge is 2.51. The van der Waals surface area contributed by atoms with Crippen LogP contribution < -0.4 is 10.0 Å². The number of sulfonamides is 1. The van der Waals surface area contributed by atoms with Crippen molar-refractivity contribution in [3.05, 3.63) is 12.7 Å². The molecule has 30 heavy (non-hydrogen) atoms. The molecule has 0 spiro atoms. The molecule has 7 nitrogen and oxygen atoms in total. The summed E-state index contributed by atoms with van der Waals surface area (Å²) < 4.78 is 34.8. The zero-order valence-corrected chi connectivity index (χ0v) is 21.7. The molecule has 1 aliphatic carbocycles. The Morgan fingerprint density at radius 2 is 2.00 bits per heavy atom. The van der Waals surface area contributed by atoms with Crippen molar-refractivity contribution in [3.8, 4) is 0 Å². The highest BCUT2D eigenvalue weighted by molar-refractivity contribution is 9.09. The van der Waals surface area contributed by atoms with E-state index in [1.165, 1.54) is 25.7 Å². The zero-order valence-electron chi connectivity index (χ0n) is 18.2. The summed E-state index contributed by atoms with van der Waals surface area (Å²) in [6.07, 6.45) is 7.36. The van der Waals surface area contributed by atoms with Gasteiger partial charge in [-0.15, -0.1) is 15.8 Å². The number of rotatable bonds is 10. The summed E-state index contributed by atoms with van der Waals surface area (Å²) in [7, 11) is 1.05. The average molecular weight is 525 g/mol. The Morgan fingerprint density at radius 3 is 2.57 bits per heavy atom. The van der Waals surface area contributed by atoms with Gasteiger partial charge < -0.3 is 4.74 Å². The second-order valence-electron chi connectivity index (χ2n) is 8.84. The summed E-state index contributed by atoms with van der Waals surface area (Å²) in [5.41, 5.74) is 0. The quantitative estimate of drug-likeness (QED) is 0.258. The molecule has 2 aliphatic heterocycles. The maximum Gasteiger partial charge on any atom is 0.229 e. The summed E-state index contributed by atoms with van der Waals surface area (Å²) >= 11 is 3.77. The summed E-state index contributed by atoms with van der Waals surface area (Å²) in [4.78, 5) is 4.87. The number of ether oxygens (including phenoxy) is 1. The predicted molar refractivity (Wildman–Crippen MR) is 129 cm³/mol. The third-order valence-electron chi connectivity index (χ3n) is 7.24. The fraction of sp³-hybridized carbons (Fsp3) is 0.900. The molecule has 1 saturated carbocycles. The van der Waals surface area contributed by atoms with Gasteiger partial charge in [0.05, 0.1) is 19.1 Å². The number of likely N-dealkylation sites (tertiary alicyclic amines) is 1. The van der Waals surface area contributed by atoms with Gasteiger partial charge in [-0.1, -0.05) is 22.0 Å². The molecule has 3 fully saturated rings. The van der Waals surface area contributed by atoms with Crippen LogP contribution in [0.25, 0.3) is 0 Å². The lowest BCUT2D eigenvalue weighted by molar-refractivity contribution is -0.109. The summed E-state index contributed by atoms with van der Waals surface area (Å²) in [6.45, 7) is 8.25. The number of halogens is 1. The molecule has 3 rings (SSSR count). The standard InChI is InChI=1S/C20H38BrN4O3PS/c1-4-9-25-17(10-23-30(26,27)19-11-22-14(2)24(19)3)20(18(25)12-28-13-29)15-5-7-16(21)8-6-15/h4,14-20,22-23H,1,5-13,29H2,2-3H3/t14?,15?,16?,17-,18+,19?,20-/m0/s1. The van der Waals surface area contributed by atoms with Gasteiger partial charge in [-0.25, -0.2) is 13.1 Å². The van der Waals surface area contributed by atoms with Crippen molar-refractivity contribution in [2.24, 2.45) is 11.8 Å². The van der Waals surface area contributed by atoms with E-state index in [4.69, 9.17) is 4.74 Å². The summed E-state index contributed by atoms with van der Waals surface area (Å²) in [5.74, 6) is 1.06. The molecule has 0 bridgehead atoms. The van der Waals surface area contributed by atoms with Crippen molar-refractivity contribution >= 4 is 35.2 Å². The molecule has 0 radical (unpaired) electrons. The monoisotopic (exact) mass is 524 g/mol. The molecule has 3 unspecified atom stereocenters. The molecule has 0 amide bonds. The van der Waals surface area contributed by atoms with E-state index in [-0.39, 0.29) is 12.2 Å². The van der Waals surface area contributed by atoms with Crippen molar-refractivity contribution in [2.75, 3.05) is 39.6 Å². The maximum absolute atomic E-state index is 13.0. The van der Waals surface area contributed by atoms with Gasteiger partial charge in [0, 0.05) is 36.5 Å². The lowest BCUT2D eigenvalue weighted by Crippen LogP contribution is -2.70. The van der Waals surface area contributed by atoms with E-state index in [1.807, 2.05) is 24.9 Å². The number of alkyl halides is 1. The molecule has 2 heterocycles. The number of hydrogen-bond donors (Lipinski definition) is 2. The molecule has 0 aromatic rings. The van der Waals surface area contributed by atoms with Crippen LogP contribution in [-0.4, -0.2) is 86.3 Å². The topological polar surface area (TPSA) is 73.9 Å². The average Bonchev–Trinajstić information content (AvgIpc) is 3.05. The minimum absolute atomic E-state index is 0.0631. The minimum Gasteiger partial charge on any atom is -0.376 e. The number of nitrogens with zero attached hydrogens (tertiary/aromatic N) is 2. The van der Waals surface area contributed by atoms with Gasteiger partial charge in [-0.05, 0) is 51.5 Å². The Hall–Kier alpha value is 0.400. The minimum atomic E-state index is -3.43. The van der Waals surface area contributed by atoms with Crippen LogP contribution in [0.15, 0.2) is 12.7 Å². The number of likely N-dealkylation sites (N-methyl/N-ethyl adjacent to an activating group) is 1. The predicted octanol–water partition coefficient (Wildman–Crippen LogP) is 1.77. The molecular weight excluding hydrogens is 487 g/mol. The van der Waals surface area contributed by atoms with Crippen LogP contribution in [0.4, 0.5) is 0 Å². The van der Waals surface area contributed by atoms with Gasteiger partial charge in [0.1, 0.15) is 5.37 Å². The Kier molecular flexibility index (Phi) is 9.19. The molecule has 10 heteroatoms. The van der Waals surface area contributed by atoms with Gasteiger partial charge >= 0.3 is 0 Å². The lowest BCUT2D eigenvalue weighted by atomic mass is 9.67. The SMILES string of the molecule is C=CCN1[C@H](COCP)[C@@H](C2CCC(Br)CC2)[C@@H]1CNS(=O)(=O)C1CNC(C)N1C. The smallest absolute Gasteiger partial charge is 0.229 e. The number of nitrogens with one attached hydrogen (secondary N) is 2. The van der Waals surface area contributed by atoms with Gasteiger partial charge in [0.2, 0.25) is 10.0 Å². The highest BCUT2D eigenvalue weighted by atomic mass is 79.9. The van der Waals surface area contributed by atoms with E-state index in [1.54, 1.807) is 0 Å². The summed E-state index contributed by atoms with van der Waals surface area (Å²) in [6, 6.07) is 0.510. The van der Waals surface area contributed by atoms with Crippen LogP contribution in [0.2, 0.25) is 0 Å². The molecule has 2 saturated heterocycles. The Bertz CT molecular complexity index is 677. The van der Waals surface area contributed by atoms with Gasteiger partial charge in [-0.3, -0.25) is 15.1 Å². The van der Waals surface area contributed by atoms with E-state index in [0.717, 1.165) is 6.54 Å². The van der Waals surface area contributed by atoms with Crippen molar-refractivity contribution in [3.63, 3.8) is 0 Å². The molecule has 174 valence electrons. The second kappa shape index (κ2) is 11.0. The van der Waals surface area contributed by atoms with Crippen molar-refractivity contribution in [1.29, 1.82) is 0 Å². The van der Waals surface area contributed by atoms with Crippen LogP contribution in [0.5, 0.6) is 0 Å². The van der Waals surface area contributed by atoms with E-state index in [2.05, 4.69) is 46.7 Å². The Labute approximate surface area is 193 Å². The number of hydrogen-bond acceptors (Lipinski definition) is 6. The Balaban J connectivity index is 1.70. The van der Waals surface area contributed by atoms with Crippen LogP contribution in [0.3, 0.4) is 0 Å². The van der Waals surface area contributed by atoms with Crippen LogP contribution >= 0.6 is 25.2 Å². The third-order valence-corrected chi connectivity index (χ3v) is 10.2. The normalized spacial score (nSPS) is 38.5. The van der Waals surface area contributed by atoms with Gasteiger partial charge in [-0.2, -0.15) is 0 Å². The fourth-order valence-corrected chi connectivity index (χ4v) is 7.63. The van der Waals surface area contributed by atoms with Gasteiger partial charge in [0.15, 0.2) is 0 Å². The van der Waals surface area contributed by atoms with Crippen molar-refractivity contribution in [1.82, 2.24) is 19.8 Å². The summed E-state index contributed by atoms with van der Waals surface area (Å²) in [5, 5.41) is 2.70.